The fourth-order valence-electron chi connectivity index (χ4n) is 3.38. The van der Waals surface area contributed by atoms with Gasteiger partial charge in [-0.15, -0.1) is 0 Å². The van der Waals surface area contributed by atoms with Crippen molar-refractivity contribution in [2.24, 2.45) is 0 Å². The third-order valence-corrected chi connectivity index (χ3v) is 5.19. The number of carbonyl (C=O) groups excluding carboxylic acids is 2. The molecule has 0 aliphatic heterocycles. The van der Waals surface area contributed by atoms with Crippen molar-refractivity contribution in [2.75, 3.05) is 6.54 Å². The Morgan fingerprint density at radius 1 is 0.946 bits per heavy atom. The number of hydrogen-bond donors (Lipinski definition) is 2. The SMILES string of the molecule is C/C=C/CCC.C=CC(=O)NCC(=C/C)/C(=C\C)C(=O)NC(C)c1cccc2ccccc12.CC.CC. The molecule has 1 unspecified atom stereocenters. The molecule has 2 aromatic carbocycles. The lowest BCUT2D eigenvalue weighted by Crippen LogP contribution is -2.31. The van der Waals surface area contributed by atoms with Crippen LogP contribution in [0.25, 0.3) is 10.8 Å². The molecule has 0 bridgehead atoms. The van der Waals surface area contributed by atoms with Crippen LogP contribution in [-0.2, 0) is 9.59 Å². The van der Waals surface area contributed by atoms with Crippen LogP contribution in [-0.4, -0.2) is 18.4 Å². The van der Waals surface area contributed by atoms with E-state index >= 15 is 0 Å². The summed E-state index contributed by atoms with van der Waals surface area (Å²) in [5, 5.41) is 8.06. The topological polar surface area (TPSA) is 58.2 Å². The van der Waals surface area contributed by atoms with Crippen LogP contribution in [0.5, 0.6) is 0 Å². The molecule has 0 aliphatic carbocycles. The Morgan fingerprint density at radius 2 is 1.57 bits per heavy atom. The van der Waals surface area contributed by atoms with Gasteiger partial charge in [0, 0.05) is 12.1 Å². The smallest absolute Gasteiger partial charge is 0.251 e. The van der Waals surface area contributed by atoms with Gasteiger partial charge in [-0.05, 0) is 62.1 Å². The zero-order valence-corrected chi connectivity index (χ0v) is 24.7. The second kappa shape index (κ2) is 23.0. The van der Waals surface area contributed by atoms with Crippen LogP contribution in [0.3, 0.4) is 0 Å². The summed E-state index contributed by atoms with van der Waals surface area (Å²) >= 11 is 0. The third kappa shape index (κ3) is 13.5. The molecule has 2 N–H and O–H groups in total. The fraction of sp³-hybridized carbons (Fsp3) is 0.394. The van der Waals surface area contributed by atoms with E-state index in [1.807, 2.05) is 78.8 Å². The number of fused-ring (bicyclic) bond motifs is 1. The Balaban J connectivity index is 0. The molecule has 204 valence electrons. The summed E-state index contributed by atoms with van der Waals surface area (Å²) in [5.74, 6) is -0.437. The molecule has 0 saturated heterocycles. The van der Waals surface area contributed by atoms with E-state index in [1.54, 1.807) is 6.08 Å². The van der Waals surface area contributed by atoms with Crippen molar-refractivity contribution in [1.82, 2.24) is 10.6 Å². The van der Waals surface area contributed by atoms with E-state index in [4.69, 9.17) is 0 Å². The van der Waals surface area contributed by atoms with E-state index < -0.39 is 0 Å². The number of nitrogens with one attached hydrogen (secondary N) is 2. The highest BCUT2D eigenvalue weighted by Gasteiger charge is 2.17. The molecule has 4 heteroatoms. The molecule has 1 atom stereocenters. The van der Waals surface area contributed by atoms with Gasteiger partial charge in [0.05, 0.1) is 6.04 Å². The lowest BCUT2D eigenvalue weighted by Gasteiger charge is -2.19. The standard InChI is InChI=1S/C23H26N2O2.C6H12.2C2H6/c1-5-17(15-24-22(26)7-3)19(6-2)23(27)25-16(4)20-14-10-12-18-11-8-9-13-21(18)20;1-3-5-6-4-2;2*1-2/h5-14,16H,3,15H2,1-2,4H3,(H,24,26)(H,25,27);3,5H,4,6H2,1-2H3;2*1-2H3/b17-5-,19-6+;5-3+;;. The van der Waals surface area contributed by atoms with Crippen LogP contribution in [0.15, 0.2) is 90.6 Å². The molecular weight excluding hydrogens is 456 g/mol. The van der Waals surface area contributed by atoms with E-state index in [9.17, 15) is 9.59 Å². The summed E-state index contributed by atoms with van der Waals surface area (Å²) < 4.78 is 0. The Bertz CT molecular complexity index is 1010. The van der Waals surface area contributed by atoms with Crippen molar-refractivity contribution in [3.63, 3.8) is 0 Å². The maximum absolute atomic E-state index is 12.9. The van der Waals surface area contributed by atoms with Gasteiger partial charge in [-0.2, -0.15) is 0 Å². The van der Waals surface area contributed by atoms with Crippen LogP contribution in [0, 0.1) is 0 Å². The Morgan fingerprint density at radius 3 is 2.08 bits per heavy atom. The molecule has 2 rings (SSSR count). The Labute approximate surface area is 226 Å². The molecule has 0 aromatic heterocycles. The third-order valence-electron chi connectivity index (χ3n) is 5.19. The molecule has 0 heterocycles. The van der Waals surface area contributed by atoms with Gasteiger partial charge < -0.3 is 10.6 Å². The normalized spacial score (nSPS) is 11.6. The highest BCUT2D eigenvalue weighted by molar-refractivity contribution is 5.98. The summed E-state index contributed by atoms with van der Waals surface area (Å²) in [4.78, 5) is 24.3. The monoisotopic (exact) mass is 506 g/mol. The van der Waals surface area contributed by atoms with Crippen molar-refractivity contribution >= 4 is 22.6 Å². The van der Waals surface area contributed by atoms with E-state index in [-0.39, 0.29) is 24.4 Å². The zero-order valence-electron chi connectivity index (χ0n) is 24.7. The molecule has 0 aliphatic rings. The Hall–Kier alpha value is -3.40. The fourth-order valence-corrected chi connectivity index (χ4v) is 3.38. The summed E-state index contributed by atoms with van der Waals surface area (Å²) in [7, 11) is 0. The van der Waals surface area contributed by atoms with Gasteiger partial charge >= 0.3 is 0 Å². The minimum atomic E-state index is -0.269. The van der Waals surface area contributed by atoms with Crippen molar-refractivity contribution in [1.29, 1.82) is 0 Å². The van der Waals surface area contributed by atoms with Crippen molar-refractivity contribution in [3.05, 3.63) is 96.1 Å². The quantitative estimate of drug-likeness (QED) is 0.203. The first-order valence-electron chi connectivity index (χ1n) is 13.5. The van der Waals surface area contributed by atoms with E-state index in [0.29, 0.717) is 5.57 Å². The largest absolute Gasteiger partial charge is 0.348 e. The second-order valence-corrected chi connectivity index (χ2v) is 7.56. The maximum atomic E-state index is 12.9. The van der Waals surface area contributed by atoms with E-state index in [2.05, 4.69) is 61.4 Å². The average molecular weight is 507 g/mol. The molecule has 0 spiro atoms. The highest BCUT2D eigenvalue weighted by atomic mass is 16.2. The number of amides is 2. The van der Waals surface area contributed by atoms with Gasteiger partial charge in [0.25, 0.3) is 5.91 Å². The molecule has 0 saturated carbocycles. The van der Waals surface area contributed by atoms with Gasteiger partial charge in [-0.1, -0.05) is 114 Å². The van der Waals surface area contributed by atoms with Crippen molar-refractivity contribution in [3.8, 4) is 0 Å². The summed E-state index contributed by atoms with van der Waals surface area (Å²) in [6.45, 7) is 21.6. The maximum Gasteiger partial charge on any atom is 0.251 e. The molecule has 37 heavy (non-hydrogen) atoms. The predicted molar refractivity (Wildman–Crippen MR) is 164 cm³/mol. The average Bonchev–Trinajstić information content (AvgIpc) is 2.95. The molecule has 4 nitrogen and oxygen atoms in total. The van der Waals surface area contributed by atoms with Crippen molar-refractivity contribution < 1.29 is 9.59 Å². The molecule has 0 radical (unpaired) electrons. The Kier molecular flexibility index (Phi) is 22.3. The number of unbranched alkanes of at least 4 members (excludes halogenated alkanes) is 1. The highest BCUT2D eigenvalue weighted by Crippen LogP contribution is 2.24. The summed E-state index contributed by atoms with van der Waals surface area (Å²) in [5.41, 5.74) is 2.38. The molecule has 2 amide bonds. The van der Waals surface area contributed by atoms with Gasteiger partial charge in [0.1, 0.15) is 0 Å². The number of carbonyl (C=O) groups is 2. The first kappa shape index (κ1) is 35.8. The van der Waals surface area contributed by atoms with Crippen LogP contribution >= 0.6 is 0 Å². The van der Waals surface area contributed by atoms with Gasteiger partial charge in [-0.3, -0.25) is 9.59 Å². The number of allylic oxidation sites excluding steroid dienone is 4. The zero-order chi connectivity index (χ0) is 28.6. The number of hydrogen-bond acceptors (Lipinski definition) is 2. The minimum absolute atomic E-state index is 0.153. The number of rotatable bonds is 9. The van der Waals surface area contributed by atoms with Gasteiger partial charge in [-0.25, -0.2) is 0 Å². The van der Waals surface area contributed by atoms with Crippen LogP contribution in [0.4, 0.5) is 0 Å². The molecule has 2 aromatic rings. The second-order valence-electron chi connectivity index (χ2n) is 7.56. The first-order chi connectivity index (χ1) is 17.9. The minimum Gasteiger partial charge on any atom is -0.348 e. The van der Waals surface area contributed by atoms with Crippen molar-refractivity contribution in [2.45, 2.75) is 81.2 Å². The van der Waals surface area contributed by atoms with E-state index in [1.165, 1.54) is 18.9 Å². The summed E-state index contributed by atoms with van der Waals surface area (Å²) in [6, 6.07) is 14.1. The van der Waals surface area contributed by atoms with Gasteiger partial charge in [0.15, 0.2) is 0 Å². The number of benzene rings is 2. The molecular formula is C33H50N2O2. The van der Waals surface area contributed by atoms with E-state index in [0.717, 1.165) is 21.9 Å². The lowest BCUT2D eigenvalue weighted by atomic mass is 9.98. The summed E-state index contributed by atoms with van der Waals surface area (Å²) in [6.07, 6.45) is 11.6. The lowest BCUT2D eigenvalue weighted by molar-refractivity contribution is -0.118. The molecule has 0 fully saturated rings. The van der Waals surface area contributed by atoms with Crippen LogP contribution in [0.2, 0.25) is 0 Å². The van der Waals surface area contributed by atoms with Gasteiger partial charge in [0.2, 0.25) is 5.91 Å². The predicted octanol–water partition coefficient (Wildman–Crippen LogP) is 8.63. The van der Waals surface area contributed by atoms with Crippen LogP contribution < -0.4 is 10.6 Å². The van der Waals surface area contributed by atoms with Crippen LogP contribution in [0.1, 0.15) is 86.8 Å². The first-order valence-corrected chi connectivity index (χ1v) is 13.5.